The van der Waals surface area contributed by atoms with E-state index in [9.17, 15) is 4.39 Å². The van der Waals surface area contributed by atoms with Gasteiger partial charge >= 0.3 is 0 Å². The maximum atomic E-state index is 13.1. The van der Waals surface area contributed by atoms with Gasteiger partial charge in [0.1, 0.15) is 5.82 Å². The van der Waals surface area contributed by atoms with Crippen LogP contribution in [0.25, 0.3) is 10.2 Å². The normalized spacial score (nSPS) is 14.1. The molecule has 2 rings (SSSR count). The Balaban J connectivity index is 2.34. The quantitative estimate of drug-likeness (QED) is 0.914. The summed E-state index contributed by atoms with van der Waals surface area (Å²) in [5.41, 5.74) is 6.81. The van der Waals surface area contributed by atoms with E-state index < -0.39 is 0 Å². The number of thiazole rings is 1. The van der Waals surface area contributed by atoms with E-state index in [1.807, 2.05) is 0 Å². The number of hydrogen-bond acceptors (Lipinski definition) is 3. The zero-order valence-corrected chi connectivity index (χ0v) is 11.9. The molecule has 0 bridgehead atoms. The summed E-state index contributed by atoms with van der Waals surface area (Å²) in [7, 11) is 0. The highest BCUT2D eigenvalue weighted by Crippen LogP contribution is 2.34. The third-order valence-electron chi connectivity index (χ3n) is 2.86. The highest BCUT2D eigenvalue weighted by molar-refractivity contribution is 7.18. The molecular weight excluding hydrogens is 247 g/mol. The minimum absolute atomic E-state index is 0.215. The molecule has 0 aliphatic heterocycles. The molecule has 0 radical (unpaired) electrons. The monoisotopic (exact) mass is 266 g/mol. The van der Waals surface area contributed by atoms with Gasteiger partial charge in [-0.3, -0.25) is 0 Å². The van der Waals surface area contributed by atoms with Gasteiger partial charge in [0.25, 0.3) is 0 Å². The highest BCUT2D eigenvalue weighted by Gasteiger charge is 2.22. The second-order valence-electron chi connectivity index (χ2n) is 5.86. The molecule has 1 atom stereocenters. The summed E-state index contributed by atoms with van der Waals surface area (Å²) in [4.78, 5) is 4.53. The molecule has 0 saturated carbocycles. The molecule has 2 N–H and O–H groups in total. The summed E-state index contributed by atoms with van der Waals surface area (Å²) in [5.74, 6) is 0.0185. The number of hydrogen-bond donors (Lipinski definition) is 1. The molecule has 1 aromatic heterocycles. The van der Waals surface area contributed by atoms with E-state index in [4.69, 9.17) is 5.73 Å². The topological polar surface area (TPSA) is 38.9 Å². The number of benzene rings is 1. The van der Waals surface area contributed by atoms with Gasteiger partial charge in [0, 0.05) is 18.5 Å². The van der Waals surface area contributed by atoms with Gasteiger partial charge in [0.2, 0.25) is 0 Å². The SMILES string of the molecule is CC(C)(C)CC(CN)c1nc2cc(F)ccc2s1. The summed E-state index contributed by atoms with van der Waals surface area (Å²) < 4.78 is 14.2. The van der Waals surface area contributed by atoms with Crippen molar-refractivity contribution in [1.29, 1.82) is 0 Å². The summed E-state index contributed by atoms with van der Waals surface area (Å²) in [5, 5.41) is 1.02. The van der Waals surface area contributed by atoms with Crippen molar-refractivity contribution >= 4 is 21.6 Å². The predicted molar refractivity (Wildman–Crippen MR) is 75.4 cm³/mol. The maximum Gasteiger partial charge on any atom is 0.125 e. The molecule has 2 nitrogen and oxygen atoms in total. The average molecular weight is 266 g/mol. The molecule has 1 aromatic carbocycles. The molecule has 0 spiro atoms. The van der Waals surface area contributed by atoms with Crippen LogP contribution in [0.4, 0.5) is 4.39 Å². The molecule has 0 amide bonds. The van der Waals surface area contributed by atoms with Crippen molar-refractivity contribution in [2.24, 2.45) is 11.1 Å². The standard InChI is InChI=1S/C14H19FN2S/c1-14(2,3)7-9(8-16)13-17-11-6-10(15)4-5-12(11)18-13/h4-6,9H,7-8,16H2,1-3H3. The van der Waals surface area contributed by atoms with Gasteiger partial charge in [-0.2, -0.15) is 0 Å². The van der Waals surface area contributed by atoms with Crippen molar-refractivity contribution in [3.05, 3.63) is 29.0 Å². The fourth-order valence-electron chi connectivity index (χ4n) is 2.10. The average Bonchev–Trinajstić information content (AvgIpc) is 2.67. The number of nitrogens with zero attached hydrogens (tertiary/aromatic N) is 1. The van der Waals surface area contributed by atoms with E-state index in [0.717, 1.165) is 21.6 Å². The summed E-state index contributed by atoms with van der Waals surface area (Å²) in [6, 6.07) is 4.75. The molecule has 2 aromatic rings. The lowest BCUT2D eigenvalue weighted by Gasteiger charge is -2.23. The van der Waals surface area contributed by atoms with E-state index >= 15 is 0 Å². The van der Waals surface area contributed by atoms with E-state index in [-0.39, 0.29) is 17.2 Å². The highest BCUT2D eigenvalue weighted by atomic mass is 32.1. The first-order valence-electron chi connectivity index (χ1n) is 6.15. The smallest absolute Gasteiger partial charge is 0.125 e. The second kappa shape index (κ2) is 4.94. The van der Waals surface area contributed by atoms with Gasteiger partial charge in [-0.25, -0.2) is 9.37 Å². The molecule has 98 valence electrons. The first-order valence-corrected chi connectivity index (χ1v) is 6.97. The number of aromatic nitrogens is 1. The third-order valence-corrected chi connectivity index (χ3v) is 4.06. The molecule has 0 fully saturated rings. The number of halogens is 1. The molecule has 1 heterocycles. The van der Waals surface area contributed by atoms with Crippen molar-refractivity contribution in [2.75, 3.05) is 6.54 Å². The van der Waals surface area contributed by atoms with Crippen molar-refractivity contribution in [3.63, 3.8) is 0 Å². The van der Waals surface area contributed by atoms with Gasteiger partial charge in [-0.15, -0.1) is 11.3 Å². The molecule has 1 unspecified atom stereocenters. The van der Waals surface area contributed by atoms with Gasteiger partial charge < -0.3 is 5.73 Å². The van der Waals surface area contributed by atoms with Gasteiger partial charge in [0.05, 0.1) is 15.2 Å². The number of fused-ring (bicyclic) bond motifs is 1. The minimum Gasteiger partial charge on any atom is -0.330 e. The fraction of sp³-hybridized carbons (Fsp3) is 0.500. The Labute approximate surface area is 111 Å². The van der Waals surface area contributed by atoms with Crippen LogP contribution in [0, 0.1) is 11.2 Å². The maximum absolute atomic E-state index is 13.1. The van der Waals surface area contributed by atoms with Crippen LogP contribution in [-0.2, 0) is 0 Å². The molecule has 0 aliphatic carbocycles. The van der Waals surface area contributed by atoms with Gasteiger partial charge in [-0.1, -0.05) is 20.8 Å². The van der Waals surface area contributed by atoms with E-state index in [0.29, 0.717) is 6.54 Å². The summed E-state index contributed by atoms with van der Waals surface area (Å²) >= 11 is 1.62. The number of nitrogens with two attached hydrogens (primary N) is 1. The first kappa shape index (κ1) is 13.4. The first-order chi connectivity index (χ1) is 8.39. The van der Waals surface area contributed by atoms with Crippen LogP contribution in [0.15, 0.2) is 18.2 Å². The Morgan fingerprint density at radius 2 is 2.11 bits per heavy atom. The zero-order valence-electron chi connectivity index (χ0n) is 11.0. The van der Waals surface area contributed by atoms with Crippen molar-refractivity contribution < 1.29 is 4.39 Å². The Morgan fingerprint density at radius 1 is 1.39 bits per heavy atom. The Hall–Kier alpha value is -1.00. The van der Waals surface area contributed by atoms with Gasteiger partial charge in [0.15, 0.2) is 0 Å². The Bertz CT molecular complexity index is 542. The van der Waals surface area contributed by atoms with Crippen LogP contribution in [0.1, 0.15) is 38.1 Å². The molecule has 0 aliphatic rings. The number of rotatable bonds is 3. The summed E-state index contributed by atoms with van der Waals surface area (Å²) in [6.07, 6.45) is 0.992. The third kappa shape index (κ3) is 3.06. The van der Waals surface area contributed by atoms with Crippen LogP contribution in [0.3, 0.4) is 0 Å². The lowest BCUT2D eigenvalue weighted by Crippen LogP contribution is -2.19. The molecule has 0 saturated heterocycles. The largest absolute Gasteiger partial charge is 0.330 e. The fourth-order valence-corrected chi connectivity index (χ4v) is 3.16. The van der Waals surface area contributed by atoms with Crippen molar-refractivity contribution in [1.82, 2.24) is 4.98 Å². The Kier molecular flexibility index (Phi) is 3.69. The van der Waals surface area contributed by atoms with Crippen molar-refractivity contribution in [3.8, 4) is 0 Å². The minimum atomic E-state index is -0.237. The van der Waals surface area contributed by atoms with Crippen molar-refractivity contribution in [2.45, 2.75) is 33.1 Å². The predicted octanol–water partition coefficient (Wildman–Crippen LogP) is 3.91. The van der Waals surface area contributed by atoms with Crippen LogP contribution in [-0.4, -0.2) is 11.5 Å². The van der Waals surface area contributed by atoms with Crippen LogP contribution >= 0.6 is 11.3 Å². The van der Waals surface area contributed by atoms with E-state index in [2.05, 4.69) is 25.8 Å². The molecule has 4 heteroatoms. The lowest BCUT2D eigenvalue weighted by atomic mass is 9.85. The lowest BCUT2D eigenvalue weighted by molar-refractivity contribution is 0.341. The molecule has 18 heavy (non-hydrogen) atoms. The van der Waals surface area contributed by atoms with Crippen LogP contribution in [0.2, 0.25) is 0 Å². The summed E-state index contributed by atoms with van der Waals surface area (Å²) in [6.45, 7) is 7.17. The Morgan fingerprint density at radius 3 is 2.72 bits per heavy atom. The van der Waals surface area contributed by atoms with Crippen LogP contribution in [0.5, 0.6) is 0 Å². The van der Waals surface area contributed by atoms with Gasteiger partial charge in [-0.05, 0) is 24.0 Å². The van der Waals surface area contributed by atoms with E-state index in [1.54, 1.807) is 17.4 Å². The molecular formula is C14H19FN2S. The van der Waals surface area contributed by atoms with E-state index in [1.165, 1.54) is 12.1 Å². The van der Waals surface area contributed by atoms with Crippen LogP contribution < -0.4 is 5.73 Å². The zero-order chi connectivity index (χ0) is 13.3. The second-order valence-corrected chi connectivity index (χ2v) is 6.92.